The van der Waals surface area contributed by atoms with Gasteiger partial charge in [-0.2, -0.15) is 5.10 Å². The third-order valence-corrected chi connectivity index (χ3v) is 4.91. The number of likely N-dealkylation sites (tertiary alicyclic amines) is 1. The van der Waals surface area contributed by atoms with Gasteiger partial charge in [-0.25, -0.2) is 9.97 Å². The SMILES string of the molecule is CC(C)c1n[nH]c([C@H]2CN(C(=O)c3cnco3)C[C@@H]2C2CC2)n1. The first kappa shape index (κ1) is 14.4. The molecule has 23 heavy (non-hydrogen) atoms. The van der Waals surface area contributed by atoms with Crippen LogP contribution in [0, 0.1) is 11.8 Å². The highest BCUT2D eigenvalue weighted by Crippen LogP contribution is 2.47. The van der Waals surface area contributed by atoms with Crippen molar-refractivity contribution in [2.24, 2.45) is 11.8 Å². The highest BCUT2D eigenvalue weighted by atomic mass is 16.3. The highest BCUT2D eigenvalue weighted by Gasteiger charge is 2.46. The topological polar surface area (TPSA) is 87.9 Å². The Morgan fingerprint density at radius 3 is 2.83 bits per heavy atom. The number of rotatable bonds is 4. The smallest absolute Gasteiger partial charge is 0.291 e. The van der Waals surface area contributed by atoms with Crippen molar-refractivity contribution >= 4 is 5.91 Å². The van der Waals surface area contributed by atoms with Crippen molar-refractivity contribution in [1.29, 1.82) is 0 Å². The van der Waals surface area contributed by atoms with Crippen molar-refractivity contribution in [3.8, 4) is 0 Å². The normalized spacial score (nSPS) is 24.6. The molecule has 1 amide bonds. The minimum absolute atomic E-state index is 0.0840. The fourth-order valence-electron chi connectivity index (χ4n) is 3.48. The van der Waals surface area contributed by atoms with Crippen molar-refractivity contribution in [2.45, 2.75) is 38.5 Å². The molecule has 3 heterocycles. The lowest BCUT2D eigenvalue weighted by Crippen LogP contribution is -2.28. The average Bonchev–Trinajstić information content (AvgIpc) is 3.03. The Bertz CT molecular complexity index is 689. The van der Waals surface area contributed by atoms with E-state index >= 15 is 0 Å². The molecule has 0 bridgehead atoms. The van der Waals surface area contributed by atoms with Gasteiger partial charge in [-0.3, -0.25) is 9.89 Å². The van der Waals surface area contributed by atoms with E-state index in [4.69, 9.17) is 4.42 Å². The predicted octanol–water partition coefficient (Wildman–Crippen LogP) is 2.18. The summed E-state index contributed by atoms with van der Waals surface area (Å²) in [6.07, 6.45) is 5.27. The molecule has 1 N–H and O–H groups in total. The molecule has 0 spiro atoms. The number of carbonyl (C=O) groups excluding carboxylic acids is 1. The van der Waals surface area contributed by atoms with Crippen LogP contribution >= 0.6 is 0 Å². The summed E-state index contributed by atoms with van der Waals surface area (Å²) in [6, 6.07) is 0. The minimum atomic E-state index is -0.0840. The minimum Gasteiger partial charge on any atom is -0.438 e. The van der Waals surface area contributed by atoms with Crippen molar-refractivity contribution in [3.05, 3.63) is 30.0 Å². The molecule has 1 aliphatic carbocycles. The zero-order valence-corrected chi connectivity index (χ0v) is 13.4. The van der Waals surface area contributed by atoms with E-state index in [9.17, 15) is 4.79 Å². The van der Waals surface area contributed by atoms with Crippen LogP contribution in [0.2, 0.25) is 0 Å². The first-order chi connectivity index (χ1) is 11.1. The van der Waals surface area contributed by atoms with Crippen molar-refractivity contribution in [1.82, 2.24) is 25.1 Å². The number of oxazole rings is 1. The van der Waals surface area contributed by atoms with E-state index in [-0.39, 0.29) is 11.8 Å². The van der Waals surface area contributed by atoms with Crippen molar-refractivity contribution in [3.63, 3.8) is 0 Å². The van der Waals surface area contributed by atoms with Crippen LogP contribution in [-0.2, 0) is 0 Å². The average molecular weight is 315 g/mol. The largest absolute Gasteiger partial charge is 0.438 e. The Kier molecular flexibility index (Phi) is 3.43. The van der Waals surface area contributed by atoms with E-state index in [1.54, 1.807) is 0 Å². The lowest BCUT2D eigenvalue weighted by atomic mass is 9.91. The van der Waals surface area contributed by atoms with E-state index in [0.29, 0.717) is 30.1 Å². The molecule has 0 unspecified atom stereocenters. The molecule has 1 saturated heterocycles. The van der Waals surface area contributed by atoms with Gasteiger partial charge in [-0.1, -0.05) is 13.8 Å². The van der Waals surface area contributed by atoms with Gasteiger partial charge in [0, 0.05) is 24.9 Å². The maximum absolute atomic E-state index is 12.5. The molecule has 2 aromatic rings. The van der Waals surface area contributed by atoms with Crippen LogP contribution in [0.5, 0.6) is 0 Å². The van der Waals surface area contributed by atoms with E-state index in [2.05, 4.69) is 34.0 Å². The Balaban J connectivity index is 1.56. The molecule has 1 saturated carbocycles. The van der Waals surface area contributed by atoms with Crippen LogP contribution in [-0.4, -0.2) is 44.1 Å². The number of hydrogen-bond donors (Lipinski definition) is 1. The number of hydrogen-bond acceptors (Lipinski definition) is 5. The Morgan fingerprint density at radius 1 is 1.39 bits per heavy atom. The summed E-state index contributed by atoms with van der Waals surface area (Å²) >= 11 is 0. The summed E-state index contributed by atoms with van der Waals surface area (Å²) in [5.41, 5.74) is 0. The third kappa shape index (κ3) is 2.64. The van der Waals surface area contributed by atoms with Crippen LogP contribution in [0.25, 0.3) is 0 Å². The van der Waals surface area contributed by atoms with Crippen LogP contribution in [0.15, 0.2) is 17.0 Å². The van der Waals surface area contributed by atoms with Crippen molar-refractivity contribution in [2.75, 3.05) is 13.1 Å². The first-order valence-corrected chi connectivity index (χ1v) is 8.23. The third-order valence-electron chi connectivity index (χ3n) is 4.91. The summed E-state index contributed by atoms with van der Waals surface area (Å²) in [7, 11) is 0. The van der Waals surface area contributed by atoms with Gasteiger partial charge in [0.2, 0.25) is 5.76 Å². The fourth-order valence-corrected chi connectivity index (χ4v) is 3.48. The van der Waals surface area contributed by atoms with E-state index in [0.717, 1.165) is 18.2 Å². The van der Waals surface area contributed by atoms with Crippen molar-refractivity contribution < 1.29 is 9.21 Å². The number of nitrogens with zero attached hydrogens (tertiary/aromatic N) is 4. The quantitative estimate of drug-likeness (QED) is 0.934. The summed E-state index contributed by atoms with van der Waals surface area (Å²) in [5.74, 6) is 3.66. The number of H-pyrrole nitrogens is 1. The van der Waals surface area contributed by atoms with E-state index in [1.165, 1.54) is 25.4 Å². The van der Waals surface area contributed by atoms with Gasteiger partial charge in [-0.05, 0) is 24.7 Å². The van der Waals surface area contributed by atoms with Gasteiger partial charge >= 0.3 is 0 Å². The van der Waals surface area contributed by atoms with Crippen LogP contribution in [0.3, 0.4) is 0 Å². The molecule has 2 fully saturated rings. The van der Waals surface area contributed by atoms with Crippen LogP contribution in [0.1, 0.15) is 60.7 Å². The fraction of sp³-hybridized carbons (Fsp3) is 0.625. The van der Waals surface area contributed by atoms with E-state index < -0.39 is 0 Å². The molecule has 2 atom stereocenters. The lowest BCUT2D eigenvalue weighted by Gasteiger charge is -2.14. The summed E-state index contributed by atoms with van der Waals surface area (Å²) in [6.45, 7) is 5.58. The lowest BCUT2D eigenvalue weighted by molar-refractivity contribution is 0.0753. The van der Waals surface area contributed by atoms with Gasteiger partial charge in [-0.15, -0.1) is 0 Å². The van der Waals surface area contributed by atoms with Gasteiger partial charge in [0.1, 0.15) is 5.82 Å². The van der Waals surface area contributed by atoms with Gasteiger partial charge in [0.15, 0.2) is 12.2 Å². The zero-order chi connectivity index (χ0) is 16.0. The molecule has 2 aromatic heterocycles. The molecule has 2 aliphatic rings. The molecular formula is C16H21N5O2. The number of carbonyl (C=O) groups is 1. The second-order valence-electron chi connectivity index (χ2n) is 6.92. The van der Waals surface area contributed by atoms with Gasteiger partial charge in [0.25, 0.3) is 5.91 Å². The second-order valence-corrected chi connectivity index (χ2v) is 6.92. The summed E-state index contributed by atoms with van der Waals surface area (Å²) in [4.78, 5) is 22.9. The molecule has 7 heteroatoms. The maximum atomic E-state index is 12.5. The Hall–Kier alpha value is -2.18. The highest BCUT2D eigenvalue weighted by molar-refractivity contribution is 5.91. The van der Waals surface area contributed by atoms with Gasteiger partial charge in [0.05, 0.1) is 6.20 Å². The standard InChI is InChI=1S/C16H21N5O2/c1-9(2)14-18-15(20-19-14)12-7-21(6-11(12)10-3-4-10)16(22)13-5-17-8-23-13/h5,8-12H,3-4,6-7H2,1-2H3,(H,18,19,20)/t11-,12+/m1/s1. The molecule has 4 rings (SSSR count). The van der Waals surface area contributed by atoms with Crippen LogP contribution in [0.4, 0.5) is 0 Å². The molecule has 0 radical (unpaired) electrons. The van der Waals surface area contributed by atoms with Crippen LogP contribution < -0.4 is 0 Å². The summed E-state index contributed by atoms with van der Waals surface area (Å²) < 4.78 is 5.16. The van der Waals surface area contributed by atoms with E-state index in [1.807, 2.05) is 4.90 Å². The number of amides is 1. The predicted molar refractivity (Wildman–Crippen MR) is 81.8 cm³/mol. The second kappa shape index (κ2) is 5.47. The number of aromatic nitrogens is 4. The molecule has 122 valence electrons. The number of nitrogens with one attached hydrogen (secondary N) is 1. The monoisotopic (exact) mass is 315 g/mol. The Morgan fingerprint density at radius 2 is 2.22 bits per heavy atom. The molecular weight excluding hydrogens is 294 g/mol. The maximum Gasteiger partial charge on any atom is 0.291 e. The number of aromatic amines is 1. The molecule has 0 aromatic carbocycles. The van der Waals surface area contributed by atoms with Gasteiger partial charge < -0.3 is 9.32 Å². The first-order valence-electron chi connectivity index (χ1n) is 8.23. The molecule has 7 nitrogen and oxygen atoms in total. The summed E-state index contributed by atoms with van der Waals surface area (Å²) in [5, 5.41) is 7.43. The Labute approximate surface area is 134 Å². The zero-order valence-electron chi connectivity index (χ0n) is 13.4. The molecule has 1 aliphatic heterocycles.